The Morgan fingerprint density at radius 3 is 1.97 bits per heavy atom. The van der Waals surface area contributed by atoms with Gasteiger partial charge >= 0.3 is 11.9 Å². The lowest BCUT2D eigenvalue weighted by atomic mass is 9.74. The molecule has 0 spiro atoms. The predicted octanol–water partition coefficient (Wildman–Crippen LogP) is 10.6. The second kappa shape index (κ2) is 26.7. The van der Waals surface area contributed by atoms with Gasteiger partial charge in [-0.2, -0.15) is 0 Å². The Morgan fingerprint density at radius 2 is 1.36 bits per heavy atom. The number of ether oxygens (including phenoxy) is 10. The molecule has 2 atom stereocenters. The predicted molar refractivity (Wildman–Crippen MR) is 293 cm³/mol. The van der Waals surface area contributed by atoms with Crippen LogP contribution in [0.3, 0.4) is 0 Å². The number of methoxy groups -OCH3 is 2. The molecule has 406 valence electrons. The van der Waals surface area contributed by atoms with Crippen LogP contribution in [0.15, 0.2) is 115 Å². The number of carbonyl (C=O) groups is 2. The Morgan fingerprint density at radius 1 is 0.750 bits per heavy atom. The van der Waals surface area contributed by atoms with E-state index in [1.54, 1.807) is 14.2 Å². The van der Waals surface area contributed by atoms with Gasteiger partial charge in [0.1, 0.15) is 23.9 Å². The summed E-state index contributed by atoms with van der Waals surface area (Å²) in [5.74, 6) is 0.531. The van der Waals surface area contributed by atoms with Crippen molar-refractivity contribution in [1.82, 2.24) is 0 Å². The van der Waals surface area contributed by atoms with Crippen molar-refractivity contribution in [3.8, 4) is 28.4 Å². The van der Waals surface area contributed by atoms with Crippen LogP contribution in [0, 0.1) is 5.92 Å². The summed E-state index contributed by atoms with van der Waals surface area (Å²) in [6, 6.07) is 31.5. The van der Waals surface area contributed by atoms with E-state index in [4.69, 9.17) is 47.4 Å². The number of allylic oxidation sites excluding steroid dienone is 1. The number of hydrogen-bond donors (Lipinski definition) is 1. The van der Waals surface area contributed by atoms with Gasteiger partial charge < -0.3 is 57.4 Å². The minimum absolute atomic E-state index is 0.100. The van der Waals surface area contributed by atoms with Gasteiger partial charge in [-0.3, -0.25) is 4.79 Å². The van der Waals surface area contributed by atoms with Gasteiger partial charge in [0.25, 0.3) is 0 Å². The highest BCUT2D eigenvalue weighted by atomic mass is 16.6. The third-order valence-corrected chi connectivity index (χ3v) is 14.6. The number of aliphatic carboxylic acids is 1. The number of rotatable bonds is 29. The fraction of sp³-hybridized carbons (Fsp3) is 0.452. The average molecular weight is 1040 g/mol. The molecule has 0 bridgehead atoms. The normalized spacial score (nSPS) is 17.9. The summed E-state index contributed by atoms with van der Waals surface area (Å²) in [5.41, 5.74) is 9.30. The monoisotopic (exact) mass is 1040 g/mol. The number of fused-ring (bicyclic) bond motifs is 8. The highest BCUT2D eigenvalue weighted by Gasteiger charge is 2.47. The fourth-order valence-corrected chi connectivity index (χ4v) is 11.1. The Labute approximate surface area is 447 Å². The minimum atomic E-state index is -1.06. The molecular weight excluding hydrogens is 967 g/mol. The van der Waals surface area contributed by atoms with Gasteiger partial charge in [-0.05, 0) is 102 Å². The first-order valence-electron chi connectivity index (χ1n) is 26.6. The molecule has 1 fully saturated rings. The van der Waals surface area contributed by atoms with Crippen molar-refractivity contribution in [1.29, 1.82) is 0 Å². The van der Waals surface area contributed by atoms with E-state index < -0.39 is 11.6 Å². The maximum Gasteiger partial charge on any atom is 0.330 e. The van der Waals surface area contributed by atoms with E-state index in [-0.39, 0.29) is 36.9 Å². The SMILES string of the molecule is C=C(C)COCCOCCOCCOCCOCCOCCOC(=O)CCC1CCCN(c2cc3c4c(c5c(c3cc2OC)OC(c2ccccc2)(c2ccc(OC)cc2)CC5)C(C)(C)c2ccccc2-4)/C1=C\C(=O)O. The van der Waals surface area contributed by atoms with E-state index in [0.717, 1.165) is 69.5 Å². The van der Waals surface area contributed by atoms with Crippen LogP contribution in [0.5, 0.6) is 17.2 Å². The second-order valence-corrected chi connectivity index (χ2v) is 20.1. The topological polar surface area (TPSA) is 150 Å². The van der Waals surface area contributed by atoms with Crippen molar-refractivity contribution in [3.05, 3.63) is 143 Å². The number of benzene rings is 5. The Hall–Kier alpha value is -6.26. The van der Waals surface area contributed by atoms with E-state index in [1.807, 2.05) is 25.1 Å². The minimum Gasteiger partial charge on any atom is -0.497 e. The van der Waals surface area contributed by atoms with E-state index in [9.17, 15) is 14.7 Å². The molecule has 5 aromatic rings. The zero-order chi connectivity index (χ0) is 53.5. The maximum absolute atomic E-state index is 13.1. The summed E-state index contributed by atoms with van der Waals surface area (Å²) < 4.78 is 58.2. The van der Waals surface area contributed by atoms with Gasteiger partial charge in [0.2, 0.25) is 0 Å². The van der Waals surface area contributed by atoms with E-state index in [2.05, 4.69) is 98.1 Å². The summed E-state index contributed by atoms with van der Waals surface area (Å²) in [7, 11) is 3.33. The van der Waals surface area contributed by atoms with Gasteiger partial charge in [-0.1, -0.05) is 92.7 Å². The largest absolute Gasteiger partial charge is 0.497 e. The molecule has 2 aliphatic heterocycles. The molecule has 14 heteroatoms. The summed E-state index contributed by atoms with van der Waals surface area (Å²) in [5, 5.41) is 12.3. The van der Waals surface area contributed by atoms with Crippen molar-refractivity contribution < 1.29 is 62.1 Å². The molecule has 3 aliphatic rings. The third-order valence-electron chi connectivity index (χ3n) is 14.6. The smallest absolute Gasteiger partial charge is 0.330 e. The highest BCUT2D eigenvalue weighted by Crippen LogP contribution is 2.60. The Bertz CT molecular complexity index is 2790. The van der Waals surface area contributed by atoms with Crippen LogP contribution in [0.1, 0.15) is 80.7 Å². The molecule has 2 heterocycles. The van der Waals surface area contributed by atoms with Crippen LogP contribution < -0.4 is 19.1 Å². The second-order valence-electron chi connectivity index (χ2n) is 20.1. The van der Waals surface area contributed by atoms with Crippen LogP contribution in [0.2, 0.25) is 0 Å². The van der Waals surface area contributed by atoms with Crippen molar-refractivity contribution in [2.75, 3.05) is 112 Å². The number of carboxylic acids is 1. The number of anilines is 1. The summed E-state index contributed by atoms with van der Waals surface area (Å²) in [4.78, 5) is 27.9. The lowest BCUT2D eigenvalue weighted by molar-refractivity contribution is -0.145. The first-order chi connectivity index (χ1) is 37.0. The zero-order valence-electron chi connectivity index (χ0n) is 45.0. The van der Waals surface area contributed by atoms with Gasteiger partial charge in [0, 0.05) is 47.0 Å². The van der Waals surface area contributed by atoms with E-state index in [1.165, 1.54) is 28.3 Å². The molecule has 8 rings (SSSR count). The van der Waals surface area contributed by atoms with Gasteiger partial charge in [-0.25, -0.2) is 4.79 Å². The summed E-state index contributed by atoms with van der Waals surface area (Å²) >= 11 is 0. The number of nitrogens with zero attached hydrogens (tertiary/aromatic N) is 1. The zero-order valence-corrected chi connectivity index (χ0v) is 45.0. The molecule has 0 aromatic heterocycles. The first kappa shape index (κ1) is 56.0. The number of esters is 1. The third kappa shape index (κ3) is 13.1. The molecule has 2 unspecified atom stereocenters. The van der Waals surface area contributed by atoms with Crippen molar-refractivity contribution in [3.63, 3.8) is 0 Å². The fourth-order valence-electron chi connectivity index (χ4n) is 11.1. The van der Waals surface area contributed by atoms with E-state index >= 15 is 0 Å². The van der Waals surface area contributed by atoms with Crippen molar-refractivity contribution in [2.24, 2.45) is 5.92 Å². The molecule has 0 amide bonds. The highest BCUT2D eigenvalue weighted by molar-refractivity contribution is 6.09. The molecular formula is C62H75NO13. The van der Waals surface area contributed by atoms with Crippen molar-refractivity contribution in [2.45, 2.75) is 70.3 Å². The van der Waals surface area contributed by atoms with Gasteiger partial charge in [-0.15, -0.1) is 0 Å². The Balaban J connectivity index is 0.915. The number of carbonyl (C=O) groups excluding carboxylic acids is 1. The lowest BCUT2D eigenvalue weighted by Gasteiger charge is -2.42. The summed E-state index contributed by atoms with van der Waals surface area (Å²) in [6.45, 7) is 16.3. The quantitative estimate of drug-likeness (QED) is 0.0209. The summed E-state index contributed by atoms with van der Waals surface area (Å²) in [6.07, 6.45) is 4.81. The van der Waals surface area contributed by atoms with Crippen LogP contribution in [0.25, 0.3) is 21.9 Å². The molecule has 14 nitrogen and oxygen atoms in total. The molecule has 0 saturated carbocycles. The molecule has 1 saturated heterocycles. The molecule has 0 radical (unpaired) electrons. The maximum atomic E-state index is 13.1. The molecule has 5 aromatic carbocycles. The van der Waals surface area contributed by atoms with Gasteiger partial charge in [0.05, 0.1) is 99.2 Å². The number of carboxylic acid groups (broad SMARTS) is 1. The molecule has 1 N–H and O–H groups in total. The van der Waals surface area contributed by atoms with Crippen LogP contribution in [-0.2, 0) is 60.2 Å². The number of piperidine rings is 1. The molecule has 1 aliphatic carbocycles. The average Bonchev–Trinajstić information content (AvgIpc) is 3.94. The Kier molecular flexibility index (Phi) is 19.6. The van der Waals surface area contributed by atoms with E-state index in [0.29, 0.717) is 104 Å². The lowest BCUT2D eigenvalue weighted by Crippen LogP contribution is -2.39. The van der Waals surface area contributed by atoms with Crippen LogP contribution in [0.4, 0.5) is 5.69 Å². The van der Waals surface area contributed by atoms with Crippen LogP contribution >= 0.6 is 0 Å². The van der Waals surface area contributed by atoms with Crippen LogP contribution in [-0.4, -0.2) is 124 Å². The molecule has 76 heavy (non-hydrogen) atoms. The van der Waals surface area contributed by atoms with Gasteiger partial charge in [0.15, 0.2) is 5.60 Å². The number of hydrogen-bond acceptors (Lipinski definition) is 13. The first-order valence-corrected chi connectivity index (χ1v) is 26.6. The standard InChI is InChI=1S/C62H75NO13/c1-43(2)42-74-36-35-72-32-31-70-28-27-69-29-30-71-33-34-73-37-38-75-57(66)23-18-44-13-12-26-63(53(44)41-56(64)65)54-39-50-51(40-55(54)68-6)60-49(59-58(50)48-16-10-11-17-52(48)61(59,3)4)24-25-62(76-60,45-14-8-7-9-15-45)46-19-21-47(67-5)22-20-46/h7-11,14-17,19-22,39-41,44H,1,12-13,18,23-38,42H2,2-6H3,(H,64,65)/b53-41-. The van der Waals surface area contributed by atoms with Crippen molar-refractivity contribution >= 4 is 28.4 Å².